The Morgan fingerprint density at radius 1 is 1.31 bits per heavy atom. The molecule has 1 rings (SSSR count). The number of hydrogen-bond acceptors (Lipinski definition) is 2. The molecule has 1 aromatic heterocycles. The third kappa shape index (κ3) is 3.67. The summed E-state index contributed by atoms with van der Waals surface area (Å²) in [6.45, 7) is 10.0. The van der Waals surface area contributed by atoms with Gasteiger partial charge in [-0.15, -0.1) is 0 Å². The van der Waals surface area contributed by atoms with Gasteiger partial charge in [-0.3, -0.25) is 0 Å². The van der Waals surface area contributed by atoms with Gasteiger partial charge in [0.15, 0.2) is 0 Å². The summed E-state index contributed by atoms with van der Waals surface area (Å²) < 4.78 is 5.47. The molecule has 2 nitrogen and oxygen atoms in total. The Morgan fingerprint density at radius 3 is 2.44 bits per heavy atom. The van der Waals surface area contributed by atoms with Gasteiger partial charge in [-0.05, 0) is 30.4 Å². The first-order chi connectivity index (χ1) is 7.62. The Kier molecular flexibility index (Phi) is 5.07. The van der Waals surface area contributed by atoms with Gasteiger partial charge in [-0.25, -0.2) is 0 Å². The normalized spacial score (nSPS) is 12.3. The monoisotopic (exact) mass is 223 g/mol. The molecule has 1 heterocycles. The fourth-order valence-electron chi connectivity index (χ4n) is 2.02. The van der Waals surface area contributed by atoms with Crippen molar-refractivity contribution in [3.63, 3.8) is 0 Å². The first-order valence-electron chi connectivity index (χ1n) is 6.37. The number of rotatable bonds is 7. The van der Waals surface area contributed by atoms with E-state index in [9.17, 15) is 0 Å². The molecule has 16 heavy (non-hydrogen) atoms. The zero-order valence-electron chi connectivity index (χ0n) is 11.0. The lowest BCUT2D eigenvalue weighted by atomic mass is 9.78. The molecule has 0 aliphatic rings. The molecule has 0 amide bonds. The van der Waals surface area contributed by atoms with Crippen molar-refractivity contribution in [2.75, 3.05) is 6.54 Å². The summed E-state index contributed by atoms with van der Waals surface area (Å²) in [5.41, 5.74) is 0.335. The van der Waals surface area contributed by atoms with Crippen molar-refractivity contribution in [2.45, 2.75) is 53.0 Å². The molecule has 1 N–H and O–H groups in total. The van der Waals surface area contributed by atoms with E-state index in [4.69, 9.17) is 4.42 Å². The van der Waals surface area contributed by atoms with Crippen molar-refractivity contribution in [3.05, 3.63) is 24.2 Å². The number of furan rings is 1. The van der Waals surface area contributed by atoms with Gasteiger partial charge in [-0.1, -0.05) is 27.7 Å². The Bertz CT molecular complexity index is 273. The summed E-state index contributed by atoms with van der Waals surface area (Å²) in [6.07, 6.45) is 5.17. The lowest BCUT2D eigenvalue weighted by molar-refractivity contribution is 0.224. The summed E-state index contributed by atoms with van der Waals surface area (Å²) in [7, 11) is 0. The summed E-state index contributed by atoms with van der Waals surface area (Å²) in [6, 6.07) is 4.60. The van der Waals surface area contributed by atoms with E-state index < -0.39 is 0 Å². The van der Waals surface area contributed by atoms with Crippen LogP contribution in [-0.4, -0.2) is 12.6 Å². The predicted molar refractivity (Wildman–Crippen MR) is 68.6 cm³/mol. The third-order valence-electron chi connectivity index (χ3n) is 3.51. The fraction of sp³-hybridized carbons (Fsp3) is 0.714. The molecule has 0 radical (unpaired) electrons. The Hall–Kier alpha value is -0.760. The van der Waals surface area contributed by atoms with Crippen molar-refractivity contribution >= 4 is 0 Å². The molecule has 0 spiro atoms. The molecular weight excluding hydrogens is 198 g/mol. The van der Waals surface area contributed by atoms with Gasteiger partial charge in [0.25, 0.3) is 0 Å². The van der Waals surface area contributed by atoms with E-state index in [0.717, 1.165) is 18.7 Å². The molecule has 0 aromatic carbocycles. The Labute approximate surface area is 99.4 Å². The van der Waals surface area contributed by atoms with E-state index in [2.05, 4.69) is 39.1 Å². The van der Waals surface area contributed by atoms with Gasteiger partial charge in [0.05, 0.1) is 6.26 Å². The summed E-state index contributed by atoms with van der Waals surface area (Å²) in [4.78, 5) is 0. The zero-order valence-corrected chi connectivity index (χ0v) is 11.0. The summed E-state index contributed by atoms with van der Waals surface area (Å²) in [5, 5.41) is 3.56. The van der Waals surface area contributed by atoms with Gasteiger partial charge >= 0.3 is 0 Å². The number of hydrogen-bond donors (Lipinski definition) is 1. The van der Waals surface area contributed by atoms with Crippen molar-refractivity contribution in [1.82, 2.24) is 5.32 Å². The van der Waals surface area contributed by atoms with Crippen molar-refractivity contribution in [2.24, 2.45) is 5.41 Å². The maximum atomic E-state index is 5.47. The van der Waals surface area contributed by atoms with Crippen molar-refractivity contribution in [3.8, 4) is 0 Å². The molecule has 0 bridgehead atoms. The quantitative estimate of drug-likeness (QED) is 0.763. The second-order valence-electron chi connectivity index (χ2n) is 5.00. The highest BCUT2D eigenvalue weighted by molar-refractivity contribution is 5.02. The molecule has 0 saturated carbocycles. The third-order valence-corrected chi connectivity index (χ3v) is 3.51. The first-order valence-corrected chi connectivity index (χ1v) is 6.37. The van der Waals surface area contributed by atoms with Crippen molar-refractivity contribution < 1.29 is 4.42 Å². The molecule has 0 saturated heterocycles. The molecule has 1 aromatic rings. The molecule has 2 heteroatoms. The minimum atomic E-state index is 0.335. The van der Waals surface area contributed by atoms with Crippen LogP contribution < -0.4 is 5.32 Å². The highest BCUT2D eigenvalue weighted by atomic mass is 16.3. The fourth-order valence-corrected chi connectivity index (χ4v) is 2.02. The van der Waals surface area contributed by atoms with Crippen LogP contribution in [0.1, 0.15) is 46.3 Å². The average Bonchev–Trinajstić information content (AvgIpc) is 2.77. The molecule has 0 unspecified atom stereocenters. The standard InChI is InChI=1S/C14H25NO/c1-5-14(6-2,11-15-12(3)4)10-13-8-7-9-16-13/h7-9,12,15H,5-6,10-11H2,1-4H3. The summed E-state index contributed by atoms with van der Waals surface area (Å²) >= 11 is 0. The van der Waals surface area contributed by atoms with Crippen LogP contribution in [0.5, 0.6) is 0 Å². The van der Waals surface area contributed by atoms with Crippen LogP contribution in [0.2, 0.25) is 0 Å². The second kappa shape index (κ2) is 6.09. The molecule has 92 valence electrons. The number of nitrogens with one attached hydrogen (secondary N) is 1. The van der Waals surface area contributed by atoms with Gasteiger partial charge in [0, 0.05) is 19.0 Å². The van der Waals surface area contributed by atoms with E-state index in [1.54, 1.807) is 6.26 Å². The SMILES string of the molecule is CCC(CC)(CNC(C)C)Cc1ccco1. The van der Waals surface area contributed by atoms with E-state index in [1.807, 2.05) is 6.07 Å². The summed E-state index contributed by atoms with van der Waals surface area (Å²) in [5.74, 6) is 1.11. The average molecular weight is 223 g/mol. The smallest absolute Gasteiger partial charge is 0.104 e. The van der Waals surface area contributed by atoms with Gasteiger partial charge in [-0.2, -0.15) is 0 Å². The second-order valence-corrected chi connectivity index (χ2v) is 5.00. The Morgan fingerprint density at radius 2 is 2.00 bits per heavy atom. The van der Waals surface area contributed by atoms with Crippen LogP contribution in [-0.2, 0) is 6.42 Å². The predicted octanol–water partition coefficient (Wildman–Crippen LogP) is 3.63. The lowest BCUT2D eigenvalue weighted by Gasteiger charge is -2.32. The minimum absolute atomic E-state index is 0.335. The van der Waals surface area contributed by atoms with Crippen LogP contribution in [0, 0.1) is 5.41 Å². The van der Waals surface area contributed by atoms with Gasteiger partial charge in [0.1, 0.15) is 5.76 Å². The topological polar surface area (TPSA) is 25.2 Å². The zero-order chi connectivity index (χ0) is 12.0. The van der Waals surface area contributed by atoms with E-state index in [0.29, 0.717) is 11.5 Å². The highest BCUT2D eigenvalue weighted by Crippen LogP contribution is 2.30. The molecule has 0 aliphatic carbocycles. The molecule has 0 fully saturated rings. The highest BCUT2D eigenvalue weighted by Gasteiger charge is 2.27. The largest absolute Gasteiger partial charge is 0.469 e. The Balaban J connectivity index is 2.63. The van der Waals surface area contributed by atoms with Crippen LogP contribution in [0.4, 0.5) is 0 Å². The van der Waals surface area contributed by atoms with Gasteiger partial charge < -0.3 is 9.73 Å². The first kappa shape index (κ1) is 13.3. The minimum Gasteiger partial charge on any atom is -0.469 e. The maximum Gasteiger partial charge on any atom is 0.104 e. The van der Waals surface area contributed by atoms with Crippen molar-refractivity contribution in [1.29, 1.82) is 0 Å². The molecular formula is C14H25NO. The van der Waals surface area contributed by atoms with E-state index in [1.165, 1.54) is 12.8 Å². The van der Waals surface area contributed by atoms with E-state index in [-0.39, 0.29) is 0 Å². The maximum absolute atomic E-state index is 5.47. The molecule has 0 atom stereocenters. The van der Waals surface area contributed by atoms with E-state index >= 15 is 0 Å². The van der Waals surface area contributed by atoms with Crippen LogP contribution in [0.25, 0.3) is 0 Å². The lowest BCUT2D eigenvalue weighted by Crippen LogP contribution is -2.38. The van der Waals surface area contributed by atoms with Crippen LogP contribution >= 0.6 is 0 Å². The van der Waals surface area contributed by atoms with Crippen LogP contribution in [0.3, 0.4) is 0 Å². The van der Waals surface area contributed by atoms with Gasteiger partial charge in [0.2, 0.25) is 0 Å². The molecule has 0 aliphatic heterocycles. The van der Waals surface area contributed by atoms with Crippen LogP contribution in [0.15, 0.2) is 22.8 Å².